The molecule has 1 saturated carbocycles. The summed E-state index contributed by atoms with van der Waals surface area (Å²) in [6.07, 6.45) is -4.04. The summed E-state index contributed by atoms with van der Waals surface area (Å²) in [4.78, 5) is 0. The first kappa shape index (κ1) is 17.1. The van der Waals surface area contributed by atoms with Crippen molar-refractivity contribution in [1.82, 2.24) is 0 Å². The van der Waals surface area contributed by atoms with Gasteiger partial charge in [0.2, 0.25) is 0 Å². The number of halogens is 5. The van der Waals surface area contributed by atoms with Gasteiger partial charge in [0.05, 0.1) is 18.1 Å². The average molecular weight is 370 g/mol. The highest BCUT2D eigenvalue weighted by Crippen LogP contribution is 2.70. The molecule has 1 nitrogen and oxygen atoms in total. The number of rotatable bonds is 3. The van der Waals surface area contributed by atoms with Gasteiger partial charge in [-0.3, -0.25) is 0 Å². The standard InChI is InChI=1S/C18H12Cl2F3N/c19-17(20)15(12-3-1-11(2-4-12)9-10-24)16(17)13-5-7-14(8-6-13)18(21,22)23/h1-8,15-16H,9H2. The molecular formula is C18H12Cl2F3N. The zero-order valence-electron chi connectivity index (χ0n) is 12.3. The molecule has 0 radical (unpaired) electrons. The highest BCUT2D eigenvalue weighted by atomic mass is 35.5. The van der Waals surface area contributed by atoms with Crippen LogP contribution in [0.15, 0.2) is 48.5 Å². The van der Waals surface area contributed by atoms with Crippen molar-refractivity contribution in [2.45, 2.75) is 28.8 Å². The molecule has 2 unspecified atom stereocenters. The minimum atomic E-state index is -4.36. The van der Waals surface area contributed by atoms with Gasteiger partial charge in [-0.1, -0.05) is 36.4 Å². The van der Waals surface area contributed by atoms with Crippen LogP contribution in [0.25, 0.3) is 0 Å². The van der Waals surface area contributed by atoms with Crippen molar-refractivity contribution in [3.8, 4) is 6.07 Å². The third kappa shape index (κ3) is 3.11. The van der Waals surface area contributed by atoms with Gasteiger partial charge < -0.3 is 0 Å². The number of hydrogen-bond donors (Lipinski definition) is 0. The monoisotopic (exact) mass is 369 g/mol. The Bertz CT molecular complexity index is 774. The first-order valence-electron chi connectivity index (χ1n) is 7.26. The van der Waals surface area contributed by atoms with E-state index in [4.69, 9.17) is 28.5 Å². The van der Waals surface area contributed by atoms with Crippen molar-refractivity contribution in [1.29, 1.82) is 5.26 Å². The van der Waals surface area contributed by atoms with Crippen LogP contribution < -0.4 is 0 Å². The first-order valence-corrected chi connectivity index (χ1v) is 8.01. The molecule has 24 heavy (non-hydrogen) atoms. The fourth-order valence-corrected chi connectivity index (χ4v) is 3.85. The summed E-state index contributed by atoms with van der Waals surface area (Å²) in [7, 11) is 0. The number of alkyl halides is 5. The molecule has 0 saturated heterocycles. The Morgan fingerprint density at radius 3 is 1.79 bits per heavy atom. The fourth-order valence-electron chi connectivity index (χ4n) is 2.97. The second-order valence-electron chi connectivity index (χ2n) is 5.83. The Balaban J connectivity index is 1.83. The molecular weight excluding hydrogens is 358 g/mol. The van der Waals surface area contributed by atoms with Gasteiger partial charge in [0.15, 0.2) is 0 Å². The van der Waals surface area contributed by atoms with Crippen LogP contribution in [0.2, 0.25) is 0 Å². The fraction of sp³-hybridized carbons (Fsp3) is 0.278. The molecule has 1 fully saturated rings. The number of hydrogen-bond acceptors (Lipinski definition) is 1. The highest BCUT2D eigenvalue weighted by Gasteiger charge is 2.64. The van der Waals surface area contributed by atoms with E-state index in [9.17, 15) is 13.2 Å². The van der Waals surface area contributed by atoms with Gasteiger partial charge in [0.25, 0.3) is 0 Å². The van der Waals surface area contributed by atoms with E-state index in [1.807, 2.05) is 24.3 Å². The minimum Gasteiger partial charge on any atom is -0.198 e. The van der Waals surface area contributed by atoms with Crippen LogP contribution in [0, 0.1) is 11.3 Å². The number of benzene rings is 2. The van der Waals surface area contributed by atoms with Crippen LogP contribution in [-0.2, 0) is 12.6 Å². The van der Waals surface area contributed by atoms with Crippen molar-refractivity contribution in [2.75, 3.05) is 0 Å². The maximum absolute atomic E-state index is 12.7. The molecule has 0 N–H and O–H groups in total. The predicted octanol–water partition coefficient (Wildman–Crippen LogP) is 5.83. The largest absolute Gasteiger partial charge is 0.416 e. The maximum atomic E-state index is 12.7. The third-order valence-corrected chi connectivity index (χ3v) is 5.21. The molecule has 0 bridgehead atoms. The Hall–Kier alpha value is -1.70. The van der Waals surface area contributed by atoms with E-state index in [0.29, 0.717) is 12.0 Å². The lowest BCUT2D eigenvalue weighted by molar-refractivity contribution is -0.137. The summed E-state index contributed by atoms with van der Waals surface area (Å²) in [5, 5.41) is 8.69. The van der Waals surface area contributed by atoms with Gasteiger partial charge in [0, 0.05) is 11.8 Å². The Kier molecular flexibility index (Phi) is 4.27. The second-order valence-corrected chi connectivity index (χ2v) is 7.27. The molecule has 0 aliphatic heterocycles. The van der Waals surface area contributed by atoms with Crippen LogP contribution in [0.3, 0.4) is 0 Å². The first-order chi connectivity index (χ1) is 11.2. The molecule has 124 valence electrons. The Labute approximate surface area is 147 Å². The van der Waals surface area contributed by atoms with Gasteiger partial charge in [-0.25, -0.2) is 0 Å². The van der Waals surface area contributed by atoms with Gasteiger partial charge in [0.1, 0.15) is 4.33 Å². The molecule has 0 amide bonds. The SMILES string of the molecule is N#CCc1ccc(C2C(c3ccc(C(F)(F)F)cc3)C2(Cl)Cl)cc1. The second kappa shape index (κ2) is 5.98. The molecule has 1 aliphatic rings. The van der Waals surface area contributed by atoms with Crippen LogP contribution in [0.5, 0.6) is 0 Å². The van der Waals surface area contributed by atoms with Crippen LogP contribution in [-0.4, -0.2) is 4.33 Å². The lowest BCUT2D eigenvalue weighted by atomic mass is 10.0. The van der Waals surface area contributed by atoms with E-state index in [2.05, 4.69) is 6.07 Å². The lowest BCUT2D eigenvalue weighted by Gasteiger charge is -2.07. The van der Waals surface area contributed by atoms with Gasteiger partial charge in [-0.05, 0) is 28.8 Å². The molecule has 2 aromatic carbocycles. The topological polar surface area (TPSA) is 23.8 Å². The van der Waals surface area contributed by atoms with Gasteiger partial charge in [-0.15, -0.1) is 23.2 Å². The van der Waals surface area contributed by atoms with Crippen molar-refractivity contribution < 1.29 is 13.2 Å². The van der Waals surface area contributed by atoms with Crippen LogP contribution in [0.1, 0.15) is 34.1 Å². The van der Waals surface area contributed by atoms with Crippen molar-refractivity contribution in [2.24, 2.45) is 0 Å². The third-order valence-electron chi connectivity index (χ3n) is 4.27. The molecule has 1 aliphatic carbocycles. The van der Waals surface area contributed by atoms with Gasteiger partial charge in [-0.2, -0.15) is 18.4 Å². The zero-order valence-corrected chi connectivity index (χ0v) is 13.8. The quantitative estimate of drug-likeness (QED) is 0.624. The Morgan fingerprint density at radius 2 is 1.38 bits per heavy atom. The molecule has 6 heteroatoms. The Morgan fingerprint density at radius 1 is 0.917 bits per heavy atom. The van der Waals surface area contributed by atoms with Crippen molar-refractivity contribution in [3.05, 3.63) is 70.8 Å². The molecule has 2 atom stereocenters. The van der Waals surface area contributed by atoms with E-state index in [0.717, 1.165) is 23.3 Å². The van der Waals surface area contributed by atoms with Crippen LogP contribution in [0.4, 0.5) is 13.2 Å². The van der Waals surface area contributed by atoms with E-state index >= 15 is 0 Å². The summed E-state index contributed by atoms with van der Waals surface area (Å²) in [5.41, 5.74) is 1.78. The van der Waals surface area contributed by atoms with E-state index in [1.54, 1.807) is 0 Å². The normalized spacial score (nSPS) is 22.0. The maximum Gasteiger partial charge on any atom is 0.416 e. The summed E-state index contributed by atoms with van der Waals surface area (Å²) >= 11 is 12.7. The predicted molar refractivity (Wildman–Crippen MR) is 87.1 cm³/mol. The number of nitriles is 1. The van der Waals surface area contributed by atoms with Gasteiger partial charge >= 0.3 is 6.18 Å². The summed E-state index contributed by atoms with van der Waals surface area (Å²) < 4.78 is 36.9. The van der Waals surface area contributed by atoms with Crippen molar-refractivity contribution in [3.63, 3.8) is 0 Å². The summed E-state index contributed by atoms with van der Waals surface area (Å²) in [6.45, 7) is 0. The van der Waals surface area contributed by atoms with Crippen LogP contribution >= 0.6 is 23.2 Å². The minimum absolute atomic E-state index is 0.186. The van der Waals surface area contributed by atoms with E-state index in [1.165, 1.54) is 12.1 Å². The summed E-state index contributed by atoms with van der Waals surface area (Å²) in [6, 6.07) is 14.4. The van der Waals surface area contributed by atoms with Crippen molar-refractivity contribution >= 4 is 23.2 Å². The highest BCUT2D eigenvalue weighted by molar-refractivity contribution is 6.52. The van der Waals surface area contributed by atoms with E-state index in [-0.39, 0.29) is 11.8 Å². The molecule has 0 aromatic heterocycles. The molecule has 0 spiro atoms. The average Bonchev–Trinajstić information content (AvgIpc) is 3.10. The van der Waals surface area contributed by atoms with E-state index < -0.39 is 16.1 Å². The lowest BCUT2D eigenvalue weighted by Crippen LogP contribution is -2.04. The summed E-state index contributed by atoms with van der Waals surface area (Å²) in [5.74, 6) is -0.446. The smallest absolute Gasteiger partial charge is 0.198 e. The molecule has 0 heterocycles. The zero-order chi connectivity index (χ0) is 17.5. The molecule has 3 rings (SSSR count). The number of nitrogens with zero attached hydrogens (tertiary/aromatic N) is 1. The molecule has 2 aromatic rings.